The molecule has 0 aromatic carbocycles. The van der Waals surface area contributed by atoms with E-state index < -0.39 is 0 Å². The van der Waals surface area contributed by atoms with E-state index in [1.165, 1.54) is 38.5 Å². The van der Waals surface area contributed by atoms with Gasteiger partial charge < -0.3 is 15.8 Å². The second-order valence-corrected chi connectivity index (χ2v) is 6.44. The molecule has 2 saturated carbocycles. The zero-order chi connectivity index (χ0) is 14.7. The van der Waals surface area contributed by atoms with Gasteiger partial charge in [0.1, 0.15) is 11.0 Å². The third-order valence-electron chi connectivity index (χ3n) is 4.42. The number of halogens is 1. The Bertz CT molecular complexity index is 458. The minimum absolute atomic E-state index is 0.203. The summed E-state index contributed by atoms with van der Waals surface area (Å²) in [6, 6.07) is 2.00. The van der Waals surface area contributed by atoms with Crippen LogP contribution in [-0.2, 0) is 4.74 Å². The van der Waals surface area contributed by atoms with Gasteiger partial charge in [0.25, 0.3) is 0 Å². The van der Waals surface area contributed by atoms with Gasteiger partial charge in [0.2, 0.25) is 5.95 Å². The summed E-state index contributed by atoms with van der Waals surface area (Å²) in [5, 5.41) is 3.82. The highest BCUT2D eigenvalue weighted by Gasteiger charge is 2.29. The van der Waals surface area contributed by atoms with E-state index in [9.17, 15) is 0 Å². The fourth-order valence-corrected chi connectivity index (χ4v) is 3.59. The highest BCUT2D eigenvalue weighted by atomic mass is 35.5. The molecule has 0 saturated heterocycles. The molecule has 5 nitrogen and oxygen atoms in total. The Morgan fingerprint density at radius 2 is 1.81 bits per heavy atom. The lowest BCUT2D eigenvalue weighted by atomic mass is 9.92. The summed E-state index contributed by atoms with van der Waals surface area (Å²) in [6.45, 7) is 0. The molecule has 0 amide bonds. The molecule has 2 aliphatic rings. The van der Waals surface area contributed by atoms with Crippen LogP contribution in [0.2, 0.25) is 5.15 Å². The van der Waals surface area contributed by atoms with Gasteiger partial charge in [0, 0.05) is 6.07 Å². The van der Waals surface area contributed by atoms with Crippen LogP contribution in [0.1, 0.15) is 51.4 Å². The van der Waals surface area contributed by atoms with Crippen LogP contribution in [0.15, 0.2) is 6.07 Å². The van der Waals surface area contributed by atoms with Crippen molar-refractivity contribution in [2.45, 2.75) is 69.6 Å². The van der Waals surface area contributed by atoms with Crippen molar-refractivity contribution in [3.05, 3.63) is 11.2 Å². The predicted molar refractivity (Wildman–Crippen MR) is 84.5 cm³/mol. The van der Waals surface area contributed by atoms with E-state index in [1.54, 1.807) is 6.07 Å². The SMILES string of the molecule is Nc1nc(Cl)cc(N[C@@H]2CCCC[C@H]2OC2CCCC2)n1. The van der Waals surface area contributed by atoms with Crippen LogP contribution < -0.4 is 11.1 Å². The van der Waals surface area contributed by atoms with E-state index >= 15 is 0 Å². The molecule has 3 N–H and O–H groups in total. The van der Waals surface area contributed by atoms with Gasteiger partial charge in [0.05, 0.1) is 18.2 Å². The zero-order valence-electron chi connectivity index (χ0n) is 12.2. The molecule has 2 fully saturated rings. The summed E-state index contributed by atoms with van der Waals surface area (Å²) in [4.78, 5) is 8.10. The van der Waals surface area contributed by atoms with Crippen LogP contribution in [0.5, 0.6) is 0 Å². The molecule has 0 bridgehead atoms. The maximum Gasteiger partial charge on any atom is 0.223 e. The number of nitrogens with one attached hydrogen (secondary N) is 1. The molecule has 3 rings (SSSR count). The number of ether oxygens (including phenoxy) is 1. The summed E-state index contributed by atoms with van der Waals surface area (Å²) in [5.41, 5.74) is 5.65. The fraction of sp³-hybridized carbons (Fsp3) is 0.733. The standard InChI is InChI=1S/C15H23ClN4O/c16-13-9-14(20-15(17)19-13)18-11-7-3-4-8-12(11)21-10-5-1-2-6-10/h9-12H,1-8H2,(H3,17,18,19,20)/t11-,12-/m1/s1. The first kappa shape index (κ1) is 14.9. The average Bonchev–Trinajstić information content (AvgIpc) is 2.93. The highest BCUT2D eigenvalue weighted by Crippen LogP contribution is 2.29. The van der Waals surface area contributed by atoms with Gasteiger partial charge in [0.15, 0.2) is 0 Å². The summed E-state index contributed by atoms with van der Waals surface area (Å²) < 4.78 is 6.33. The van der Waals surface area contributed by atoms with Crippen molar-refractivity contribution in [3.63, 3.8) is 0 Å². The molecule has 2 atom stereocenters. The van der Waals surface area contributed by atoms with Crippen molar-refractivity contribution >= 4 is 23.4 Å². The van der Waals surface area contributed by atoms with E-state index in [0.717, 1.165) is 12.8 Å². The van der Waals surface area contributed by atoms with Crippen LogP contribution in [0, 0.1) is 0 Å². The maximum atomic E-state index is 6.33. The van der Waals surface area contributed by atoms with Crippen molar-refractivity contribution in [2.24, 2.45) is 0 Å². The van der Waals surface area contributed by atoms with E-state index in [0.29, 0.717) is 17.1 Å². The number of aromatic nitrogens is 2. The lowest BCUT2D eigenvalue weighted by molar-refractivity contribution is -0.0322. The number of hydrogen-bond acceptors (Lipinski definition) is 5. The molecule has 1 aromatic rings. The van der Waals surface area contributed by atoms with Gasteiger partial charge >= 0.3 is 0 Å². The fourth-order valence-electron chi connectivity index (χ4n) is 3.40. The molecule has 1 heterocycles. The first-order chi connectivity index (χ1) is 10.2. The van der Waals surface area contributed by atoms with Gasteiger partial charge in [-0.15, -0.1) is 0 Å². The third-order valence-corrected chi connectivity index (χ3v) is 4.61. The number of hydrogen-bond donors (Lipinski definition) is 2. The maximum absolute atomic E-state index is 6.33. The van der Waals surface area contributed by atoms with Crippen molar-refractivity contribution in [1.82, 2.24) is 9.97 Å². The molecule has 0 spiro atoms. The molecule has 0 radical (unpaired) electrons. The van der Waals surface area contributed by atoms with E-state index in [2.05, 4.69) is 15.3 Å². The molecule has 0 aliphatic heterocycles. The average molecular weight is 311 g/mol. The van der Waals surface area contributed by atoms with Crippen LogP contribution in [0.4, 0.5) is 11.8 Å². The molecule has 116 valence electrons. The zero-order valence-corrected chi connectivity index (χ0v) is 13.0. The number of nitrogen functional groups attached to an aromatic ring is 1. The molecule has 0 unspecified atom stereocenters. The van der Waals surface area contributed by atoms with E-state index in [4.69, 9.17) is 22.1 Å². The van der Waals surface area contributed by atoms with Crippen molar-refractivity contribution in [1.29, 1.82) is 0 Å². The van der Waals surface area contributed by atoms with Gasteiger partial charge in [-0.3, -0.25) is 0 Å². The number of nitrogens with zero attached hydrogens (tertiary/aromatic N) is 2. The monoisotopic (exact) mass is 310 g/mol. The van der Waals surface area contributed by atoms with E-state index in [1.807, 2.05) is 0 Å². The second kappa shape index (κ2) is 6.79. The highest BCUT2D eigenvalue weighted by molar-refractivity contribution is 6.29. The van der Waals surface area contributed by atoms with Gasteiger partial charge in [-0.05, 0) is 25.7 Å². The minimum Gasteiger partial charge on any atom is -0.373 e. The van der Waals surface area contributed by atoms with E-state index in [-0.39, 0.29) is 18.1 Å². The van der Waals surface area contributed by atoms with Crippen molar-refractivity contribution in [3.8, 4) is 0 Å². The Morgan fingerprint density at radius 1 is 1.10 bits per heavy atom. The predicted octanol–water partition coefficient (Wildman–Crippen LogP) is 3.39. The van der Waals surface area contributed by atoms with Crippen LogP contribution in [-0.4, -0.2) is 28.2 Å². The normalized spacial score (nSPS) is 26.9. The topological polar surface area (TPSA) is 73.1 Å². The quantitative estimate of drug-likeness (QED) is 0.834. The van der Waals surface area contributed by atoms with Crippen molar-refractivity contribution < 1.29 is 4.74 Å². The van der Waals surface area contributed by atoms with Gasteiger partial charge in [-0.1, -0.05) is 37.3 Å². The summed E-state index contributed by atoms with van der Waals surface area (Å²) >= 11 is 5.94. The smallest absolute Gasteiger partial charge is 0.223 e. The third kappa shape index (κ3) is 3.98. The largest absolute Gasteiger partial charge is 0.373 e. The van der Waals surface area contributed by atoms with Gasteiger partial charge in [-0.2, -0.15) is 4.98 Å². The Labute approximate surface area is 130 Å². The van der Waals surface area contributed by atoms with Crippen LogP contribution in [0.25, 0.3) is 0 Å². The molecule has 2 aliphatic carbocycles. The van der Waals surface area contributed by atoms with Gasteiger partial charge in [-0.25, -0.2) is 4.98 Å². The minimum atomic E-state index is 0.203. The summed E-state index contributed by atoms with van der Waals surface area (Å²) in [5.74, 6) is 0.897. The molecule has 21 heavy (non-hydrogen) atoms. The first-order valence-corrected chi connectivity index (χ1v) is 8.30. The molecule has 6 heteroatoms. The summed E-state index contributed by atoms with van der Waals surface area (Å²) in [6.07, 6.45) is 10.4. The number of nitrogens with two attached hydrogens (primary N) is 1. The molecular weight excluding hydrogens is 288 g/mol. The Kier molecular flexibility index (Phi) is 4.80. The number of rotatable bonds is 4. The Morgan fingerprint density at radius 3 is 2.57 bits per heavy atom. The first-order valence-electron chi connectivity index (χ1n) is 7.93. The Balaban J connectivity index is 1.65. The number of anilines is 2. The molecular formula is C15H23ClN4O. The second-order valence-electron chi connectivity index (χ2n) is 6.05. The van der Waals surface area contributed by atoms with Crippen LogP contribution >= 0.6 is 11.6 Å². The summed E-state index contributed by atoms with van der Waals surface area (Å²) in [7, 11) is 0. The van der Waals surface area contributed by atoms with Crippen LogP contribution in [0.3, 0.4) is 0 Å². The van der Waals surface area contributed by atoms with Crippen molar-refractivity contribution in [2.75, 3.05) is 11.1 Å². The lowest BCUT2D eigenvalue weighted by Gasteiger charge is -2.34. The lowest BCUT2D eigenvalue weighted by Crippen LogP contribution is -2.40. The molecule has 1 aromatic heterocycles. The Hall–Kier alpha value is -1.07.